The van der Waals surface area contributed by atoms with Gasteiger partial charge in [-0.1, -0.05) is 6.92 Å². The molecule has 0 aromatic rings. The van der Waals surface area contributed by atoms with Crippen LogP contribution in [0.5, 0.6) is 0 Å². The van der Waals surface area contributed by atoms with E-state index in [9.17, 15) is 4.79 Å². The number of aliphatic hydroxyl groups is 1. The van der Waals surface area contributed by atoms with Gasteiger partial charge in [0.05, 0.1) is 0 Å². The summed E-state index contributed by atoms with van der Waals surface area (Å²) in [5.74, 6) is 0.208. The van der Waals surface area contributed by atoms with E-state index >= 15 is 0 Å². The fraction of sp³-hybridized carbons (Fsp3) is 0.857. The van der Waals surface area contributed by atoms with Gasteiger partial charge < -0.3 is 5.11 Å². The summed E-state index contributed by atoms with van der Waals surface area (Å²) >= 11 is 0. The fourth-order valence-electron chi connectivity index (χ4n) is 1.22. The van der Waals surface area contributed by atoms with E-state index in [1.165, 1.54) is 0 Å². The zero-order valence-electron chi connectivity index (χ0n) is 6.21. The summed E-state index contributed by atoms with van der Waals surface area (Å²) in [5.41, 5.74) is 0. The second-order valence-electron chi connectivity index (χ2n) is 2.78. The molecule has 1 aliphatic rings. The monoisotopic (exact) mass is 355 g/mol. The molecular weight excluding hydrogens is 343 g/mol. The van der Waals surface area contributed by atoms with E-state index in [0.29, 0.717) is 6.42 Å². The Labute approximate surface area is 96.9 Å². The zero-order valence-corrected chi connectivity index (χ0v) is 11.0. The number of Topliss-reactive ketones (excluding diaryl/α,β-unsaturated/α-hetero) is 1. The van der Waals surface area contributed by atoms with E-state index in [1.54, 1.807) is 0 Å². The van der Waals surface area contributed by atoms with Gasteiger partial charge in [-0.2, -0.15) is 0 Å². The van der Waals surface area contributed by atoms with Gasteiger partial charge in [0.25, 0.3) is 0 Å². The van der Waals surface area contributed by atoms with E-state index in [-0.39, 0.29) is 55.8 Å². The Hall–Kier alpha value is 1.07. The van der Waals surface area contributed by atoms with Gasteiger partial charge in [-0.3, -0.25) is 4.79 Å². The van der Waals surface area contributed by atoms with E-state index in [0.717, 1.165) is 12.8 Å². The second-order valence-corrected chi connectivity index (χ2v) is 2.78. The smallest absolute Gasteiger partial charge is 0.161 e. The van der Waals surface area contributed by atoms with Gasteiger partial charge in [0.15, 0.2) is 5.78 Å². The molecule has 0 aromatic heterocycles. The topological polar surface area (TPSA) is 37.3 Å². The van der Waals surface area contributed by atoms with Crippen molar-refractivity contribution in [1.29, 1.82) is 0 Å². The number of hydrogen-bond acceptors (Lipinski definition) is 2. The SMILES string of the molecule is CC1CCCC(=O)C1O.[Ac]. The second kappa shape index (κ2) is 4.85. The van der Waals surface area contributed by atoms with Gasteiger partial charge in [-0.15, -0.1) is 0 Å². The maximum atomic E-state index is 10.8. The largest absolute Gasteiger partial charge is 0.385 e. The van der Waals surface area contributed by atoms with Crippen LogP contribution in [-0.4, -0.2) is 17.0 Å². The van der Waals surface area contributed by atoms with Gasteiger partial charge in [0.1, 0.15) is 6.10 Å². The minimum atomic E-state index is -0.668. The first kappa shape index (κ1) is 11.1. The summed E-state index contributed by atoms with van der Waals surface area (Å²) in [6.07, 6.45) is 1.86. The number of aliphatic hydroxyl groups excluding tert-OH is 1. The summed E-state index contributed by atoms with van der Waals surface area (Å²) in [6.45, 7) is 1.92. The third-order valence-electron chi connectivity index (χ3n) is 1.95. The van der Waals surface area contributed by atoms with Gasteiger partial charge >= 0.3 is 0 Å². The first-order valence-electron chi connectivity index (χ1n) is 3.42. The summed E-state index contributed by atoms with van der Waals surface area (Å²) in [6, 6.07) is 0. The first-order valence-corrected chi connectivity index (χ1v) is 3.42. The molecule has 1 saturated carbocycles. The quantitative estimate of drug-likeness (QED) is 0.696. The first-order chi connectivity index (χ1) is 4.22. The Balaban J connectivity index is 0.000000810. The van der Waals surface area contributed by atoms with Crippen molar-refractivity contribution in [2.75, 3.05) is 0 Å². The van der Waals surface area contributed by atoms with Crippen LogP contribution >= 0.6 is 0 Å². The molecule has 1 rings (SSSR count). The molecule has 1 aliphatic carbocycles. The third-order valence-corrected chi connectivity index (χ3v) is 1.95. The molecule has 2 unspecified atom stereocenters. The average molecular weight is 355 g/mol. The van der Waals surface area contributed by atoms with Crippen molar-refractivity contribution in [3.05, 3.63) is 0 Å². The minimum Gasteiger partial charge on any atom is -0.385 e. The predicted molar refractivity (Wildman–Crippen MR) is 34.0 cm³/mol. The van der Waals surface area contributed by atoms with Crippen molar-refractivity contribution in [3.8, 4) is 0 Å². The molecule has 55 valence electrons. The summed E-state index contributed by atoms with van der Waals surface area (Å²) in [5, 5.41) is 9.10. The van der Waals surface area contributed by atoms with Crippen LogP contribution in [0.4, 0.5) is 0 Å². The van der Waals surface area contributed by atoms with Gasteiger partial charge in [0, 0.05) is 50.5 Å². The number of rotatable bonds is 0. The molecule has 3 heteroatoms. The Morgan fingerprint density at radius 3 is 2.60 bits per heavy atom. The predicted octanol–water partition coefficient (Wildman–Crippen LogP) is 0.736. The average Bonchev–Trinajstić information content (AvgIpc) is 1.83. The Kier molecular flexibility index (Phi) is 5.37. The molecule has 1 fully saturated rings. The van der Waals surface area contributed by atoms with Crippen molar-refractivity contribution in [2.24, 2.45) is 5.92 Å². The van der Waals surface area contributed by atoms with Crippen molar-refractivity contribution in [3.63, 3.8) is 0 Å². The summed E-state index contributed by atoms with van der Waals surface area (Å²) in [4.78, 5) is 10.8. The van der Waals surface area contributed by atoms with Crippen molar-refractivity contribution in [1.82, 2.24) is 0 Å². The molecule has 1 radical (unpaired) electrons. The van der Waals surface area contributed by atoms with Gasteiger partial charge in [-0.25, -0.2) is 0 Å². The molecule has 0 aromatic carbocycles. The number of carbonyl (C=O) groups is 1. The number of hydrogen-bond donors (Lipinski definition) is 1. The van der Waals surface area contributed by atoms with E-state index < -0.39 is 6.10 Å². The maximum Gasteiger partial charge on any atom is 0.161 e. The maximum absolute atomic E-state index is 10.8. The van der Waals surface area contributed by atoms with Crippen molar-refractivity contribution >= 4 is 5.78 Å². The molecule has 2 nitrogen and oxygen atoms in total. The van der Waals surface area contributed by atoms with E-state index in [2.05, 4.69) is 0 Å². The zero-order chi connectivity index (χ0) is 6.85. The molecule has 0 saturated heterocycles. The Bertz CT molecular complexity index is 125. The number of carbonyl (C=O) groups excluding carboxylic acids is 1. The molecule has 10 heavy (non-hydrogen) atoms. The molecule has 0 heterocycles. The molecule has 0 amide bonds. The van der Waals surface area contributed by atoms with Crippen molar-refractivity contribution < 1.29 is 54.0 Å². The number of ketones is 1. The van der Waals surface area contributed by atoms with Crippen LogP contribution in [-0.2, 0) is 4.79 Å². The molecule has 0 spiro atoms. The third kappa shape index (κ3) is 2.60. The van der Waals surface area contributed by atoms with Crippen LogP contribution < -0.4 is 0 Å². The van der Waals surface area contributed by atoms with Crippen LogP contribution in [0.1, 0.15) is 26.2 Å². The fourth-order valence-corrected chi connectivity index (χ4v) is 1.22. The van der Waals surface area contributed by atoms with E-state index in [4.69, 9.17) is 5.11 Å². The van der Waals surface area contributed by atoms with Crippen LogP contribution in [0.3, 0.4) is 0 Å². The molecule has 0 bridgehead atoms. The summed E-state index contributed by atoms with van der Waals surface area (Å²) < 4.78 is 0. The molecule has 0 aliphatic heterocycles. The van der Waals surface area contributed by atoms with Crippen molar-refractivity contribution in [2.45, 2.75) is 32.3 Å². The van der Waals surface area contributed by atoms with Gasteiger partial charge in [0.2, 0.25) is 0 Å². The summed E-state index contributed by atoms with van der Waals surface area (Å²) in [7, 11) is 0. The van der Waals surface area contributed by atoms with Gasteiger partial charge in [-0.05, 0) is 18.8 Å². The molecule has 2 atom stereocenters. The van der Waals surface area contributed by atoms with Crippen LogP contribution in [0.15, 0.2) is 0 Å². The Morgan fingerprint density at radius 1 is 1.60 bits per heavy atom. The van der Waals surface area contributed by atoms with Crippen LogP contribution in [0.2, 0.25) is 0 Å². The molecular formula is C7H12AcO2. The Morgan fingerprint density at radius 2 is 2.20 bits per heavy atom. The normalized spacial score (nSPS) is 33.2. The minimum absolute atomic E-state index is 0. The van der Waals surface area contributed by atoms with Crippen LogP contribution in [0.25, 0.3) is 0 Å². The standard InChI is InChI=1S/C7H12O2.Ac/c1-5-3-2-4-6(8)7(5)9;/h5,7,9H,2-4H2,1H3;. The van der Waals surface area contributed by atoms with E-state index in [1.807, 2.05) is 6.92 Å². The molecule has 1 N–H and O–H groups in total. The van der Waals surface area contributed by atoms with Crippen LogP contribution in [0, 0.1) is 50.0 Å².